The topological polar surface area (TPSA) is 36.1 Å². The molecule has 1 atom stereocenters. The highest BCUT2D eigenvalue weighted by atomic mass is 14.7. The molecule has 0 aromatic carbocycles. The van der Waals surface area contributed by atoms with Gasteiger partial charge in [-0.2, -0.15) is 5.26 Å². The summed E-state index contributed by atoms with van der Waals surface area (Å²) in [7, 11) is 0. The molecule has 0 aromatic rings. The van der Waals surface area contributed by atoms with Crippen molar-refractivity contribution in [3.05, 3.63) is 0 Å². The normalized spacial score (nSPS) is 13.4. The molecule has 1 unspecified atom stereocenters. The minimum absolute atomic E-state index is 0.373. The predicted octanol–water partition coefficient (Wildman–Crippen LogP) is 1.77. The van der Waals surface area contributed by atoms with Crippen molar-refractivity contribution < 1.29 is 0 Å². The largest absolute Gasteiger partial charge is 0.293 e. The molecule has 0 rings (SSSR count). The Kier molecular flexibility index (Phi) is 4.81. The Morgan fingerprint density at radius 1 is 1.78 bits per heavy atom. The van der Waals surface area contributed by atoms with Crippen LogP contribution in [0.5, 0.6) is 0 Å². The molecule has 9 heavy (non-hydrogen) atoms. The predicted molar refractivity (Wildman–Crippen MR) is 38.5 cm³/mol. The lowest BCUT2D eigenvalue weighted by atomic mass is 10.3. The number of hydrogen-bond acceptors (Lipinski definition) is 2. The van der Waals surface area contributed by atoms with Crippen molar-refractivity contribution in [3.8, 4) is 6.07 Å². The summed E-state index contributed by atoms with van der Waals surface area (Å²) in [6.45, 7) is 4.11. The average molecular weight is 124 g/mol. The van der Waals surface area contributed by atoms with Gasteiger partial charge in [-0.3, -0.25) is 4.99 Å². The van der Waals surface area contributed by atoms with Gasteiger partial charge < -0.3 is 0 Å². The molecule has 2 heteroatoms. The summed E-state index contributed by atoms with van der Waals surface area (Å²) < 4.78 is 0. The van der Waals surface area contributed by atoms with Gasteiger partial charge in [-0.15, -0.1) is 0 Å². The van der Waals surface area contributed by atoms with Crippen LogP contribution in [0.3, 0.4) is 0 Å². The number of rotatable bonds is 3. The maximum Gasteiger partial charge on any atom is 0.0700 e. The highest BCUT2D eigenvalue weighted by molar-refractivity contribution is 5.60. The van der Waals surface area contributed by atoms with Crippen LogP contribution in [0.4, 0.5) is 0 Å². The van der Waals surface area contributed by atoms with E-state index in [0.29, 0.717) is 12.5 Å². The van der Waals surface area contributed by atoms with E-state index in [4.69, 9.17) is 5.26 Å². The molecule has 0 spiro atoms. The summed E-state index contributed by atoms with van der Waals surface area (Å²) >= 11 is 0. The first-order valence-electron chi connectivity index (χ1n) is 3.19. The fourth-order valence-electron chi connectivity index (χ4n) is 0.379. The van der Waals surface area contributed by atoms with E-state index in [1.165, 1.54) is 0 Å². The van der Waals surface area contributed by atoms with E-state index in [1.807, 2.05) is 13.0 Å². The molecule has 0 saturated heterocycles. The van der Waals surface area contributed by atoms with Crippen LogP contribution < -0.4 is 0 Å². The first-order valence-corrected chi connectivity index (χ1v) is 3.19. The Morgan fingerprint density at radius 2 is 2.44 bits per heavy atom. The van der Waals surface area contributed by atoms with E-state index in [2.05, 4.69) is 11.9 Å². The van der Waals surface area contributed by atoms with Gasteiger partial charge in [0.15, 0.2) is 0 Å². The van der Waals surface area contributed by atoms with Crippen molar-refractivity contribution in [3.63, 3.8) is 0 Å². The van der Waals surface area contributed by atoms with Gasteiger partial charge in [0.25, 0.3) is 0 Å². The zero-order valence-electron chi connectivity index (χ0n) is 5.96. The third-order valence-electron chi connectivity index (χ3n) is 1.13. The van der Waals surface area contributed by atoms with E-state index in [9.17, 15) is 0 Å². The molecule has 0 N–H and O–H groups in total. The fraction of sp³-hybridized carbons (Fsp3) is 0.714. The van der Waals surface area contributed by atoms with Crippen molar-refractivity contribution in [2.75, 3.05) is 0 Å². The molecule has 2 nitrogen and oxygen atoms in total. The zero-order valence-corrected chi connectivity index (χ0v) is 5.96. The Bertz CT molecular complexity index is 121. The summed E-state index contributed by atoms with van der Waals surface area (Å²) in [6, 6.07) is 2.37. The van der Waals surface area contributed by atoms with E-state index in [-0.39, 0.29) is 0 Å². The minimum atomic E-state index is 0.373. The van der Waals surface area contributed by atoms with Gasteiger partial charge in [0, 0.05) is 12.3 Å². The van der Waals surface area contributed by atoms with Gasteiger partial charge in [-0.1, -0.05) is 6.92 Å². The molecule has 0 aliphatic rings. The Labute approximate surface area is 56.2 Å². The standard InChI is InChI=1S/C7H12N2/c1-3-7(2)9-6-4-5-8/h6-7H,3-4H2,1-2H3/b9-6-. The third-order valence-corrected chi connectivity index (χ3v) is 1.13. The van der Waals surface area contributed by atoms with Crippen LogP contribution in [0.1, 0.15) is 26.7 Å². The van der Waals surface area contributed by atoms with Crippen LogP contribution in [-0.4, -0.2) is 12.3 Å². The summed E-state index contributed by atoms with van der Waals surface area (Å²) in [5, 5.41) is 8.11. The van der Waals surface area contributed by atoms with Crippen LogP contribution in [-0.2, 0) is 0 Å². The maximum atomic E-state index is 8.11. The Morgan fingerprint density at radius 3 is 2.89 bits per heavy atom. The second-order valence-corrected chi connectivity index (χ2v) is 1.95. The van der Waals surface area contributed by atoms with Crippen LogP contribution in [0, 0.1) is 11.3 Å². The van der Waals surface area contributed by atoms with Gasteiger partial charge in [-0.25, -0.2) is 0 Å². The second-order valence-electron chi connectivity index (χ2n) is 1.95. The molecule has 0 aromatic heterocycles. The average Bonchev–Trinajstić information content (AvgIpc) is 1.89. The van der Waals surface area contributed by atoms with E-state index in [1.54, 1.807) is 6.21 Å². The van der Waals surface area contributed by atoms with Gasteiger partial charge in [0.05, 0.1) is 12.5 Å². The van der Waals surface area contributed by atoms with Crippen LogP contribution in [0.2, 0.25) is 0 Å². The quantitative estimate of drug-likeness (QED) is 0.528. The Balaban J connectivity index is 3.34. The van der Waals surface area contributed by atoms with Gasteiger partial charge in [0.2, 0.25) is 0 Å². The van der Waals surface area contributed by atoms with E-state index in [0.717, 1.165) is 6.42 Å². The van der Waals surface area contributed by atoms with Crippen LogP contribution >= 0.6 is 0 Å². The lowest BCUT2D eigenvalue weighted by Gasteiger charge is -1.96. The molecule has 50 valence electrons. The van der Waals surface area contributed by atoms with E-state index < -0.39 is 0 Å². The van der Waals surface area contributed by atoms with Crippen molar-refractivity contribution >= 4 is 6.21 Å². The lowest BCUT2D eigenvalue weighted by molar-refractivity contribution is 0.719. The molecule has 0 radical (unpaired) electrons. The molecule has 0 amide bonds. The van der Waals surface area contributed by atoms with Crippen molar-refractivity contribution in [2.45, 2.75) is 32.7 Å². The summed E-state index contributed by atoms with van der Waals surface area (Å²) in [6.07, 6.45) is 3.15. The van der Waals surface area contributed by atoms with Crippen molar-refractivity contribution in [1.82, 2.24) is 0 Å². The summed E-state index contributed by atoms with van der Waals surface area (Å²) in [5.74, 6) is 0. The summed E-state index contributed by atoms with van der Waals surface area (Å²) in [4.78, 5) is 4.08. The highest BCUT2D eigenvalue weighted by Crippen LogP contribution is 1.92. The smallest absolute Gasteiger partial charge is 0.0700 e. The van der Waals surface area contributed by atoms with E-state index >= 15 is 0 Å². The number of aliphatic imine (C=N–C) groups is 1. The summed E-state index contributed by atoms with van der Waals surface area (Å²) in [5.41, 5.74) is 0. The molecule has 0 aliphatic heterocycles. The molecule has 0 fully saturated rings. The minimum Gasteiger partial charge on any atom is -0.293 e. The van der Waals surface area contributed by atoms with Gasteiger partial charge >= 0.3 is 0 Å². The van der Waals surface area contributed by atoms with Crippen molar-refractivity contribution in [1.29, 1.82) is 5.26 Å². The maximum absolute atomic E-state index is 8.11. The number of nitrogens with zero attached hydrogens (tertiary/aromatic N) is 2. The SMILES string of the molecule is CCC(C)/N=C\CC#N. The van der Waals surface area contributed by atoms with Crippen LogP contribution in [0.25, 0.3) is 0 Å². The molecule has 0 saturated carbocycles. The lowest BCUT2D eigenvalue weighted by Crippen LogP contribution is -1.93. The first-order chi connectivity index (χ1) is 4.31. The molecular weight excluding hydrogens is 112 g/mol. The monoisotopic (exact) mass is 124 g/mol. The second kappa shape index (κ2) is 5.30. The van der Waals surface area contributed by atoms with Crippen molar-refractivity contribution in [2.24, 2.45) is 4.99 Å². The van der Waals surface area contributed by atoms with Crippen LogP contribution in [0.15, 0.2) is 4.99 Å². The Hall–Kier alpha value is -0.840. The fourth-order valence-corrected chi connectivity index (χ4v) is 0.379. The highest BCUT2D eigenvalue weighted by Gasteiger charge is 1.88. The molecule has 0 heterocycles. The third kappa shape index (κ3) is 5.02. The zero-order chi connectivity index (χ0) is 7.11. The molecule has 0 aliphatic carbocycles. The first kappa shape index (κ1) is 8.16. The van der Waals surface area contributed by atoms with Gasteiger partial charge in [-0.05, 0) is 13.3 Å². The molecular formula is C7H12N2. The molecule has 0 bridgehead atoms. The van der Waals surface area contributed by atoms with Gasteiger partial charge in [0.1, 0.15) is 0 Å². The number of nitriles is 1. The number of hydrogen-bond donors (Lipinski definition) is 0.